The average Bonchev–Trinajstić information content (AvgIpc) is 2.40. The van der Waals surface area contributed by atoms with Crippen LogP contribution in [0.15, 0.2) is 42.5 Å². The maximum atomic E-state index is 13.2. The third-order valence-electron chi connectivity index (χ3n) is 2.59. The summed E-state index contributed by atoms with van der Waals surface area (Å²) < 4.78 is 13.2. The fourth-order valence-electron chi connectivity index (χ4n) is 1.77. The van der Waals surface area contributed by atoms with E-state index in [-0.39, 0.29) is 5.82 Å². The second-order valence-corrected chi connectivity index (χ2v) is 3.75. The van der Waals surface area contributed by atoms with Crippen molar-refractivity contribution in [1.29, 1.82) is 0 Å². The molecule has 94 valence electrons. The number of nitrogens with zero attached hydrogens (tertiary/aromatic N) is 2. The average molecular weight is 246 g/mol. The van der Waals surface area contributed by atoms with E-state index >= 15 is 0 Å². The second kappa shape index (κ2) is 5.46. The summed E-state index contributed by atoms with van der Waals surface area (Å²) in [4.78, 5) is 6.24. The van der Waals surface area contributed by atoms with Crippen molar-refractivity contribution < 1.29 is 4.39 Å². The quantitative estimate of drug-likeness (QED) is 0.643. The van der Waals surface area contributed by atoms with Crippen molar-refractivity contribution in [2.45, 2.75) is 6.92 Å². The van der Waals surface area contributed by atoms with Crippen LogP contribution in [0.3, 0.4) is 0 Å². The molecule has 5 heteroatoms. The Morgan fingerprint density at radius 2 is 2.06 bits per heavy atom. The van der Waals surface area contributed by atoms with Crippen LogP contribution in [-0.4, -0.2) is 11.5 Å². The summed E-state index contributed by atoms with van der Waals surface area (Å²) in [6, 6.07) is 11.9. The smallest absolute Gasteiger partial charge is 0.142 e. The van der Waals surface area contributed by atoms with E-state index in [0.717, 1.165) is 11.5 Å². The molecule has 3 N–H and O–H groups in total. The number of nitrogens with one attached hydrogen (secondary N) is 1. The molecule has 1 aromatic heterocycles. The first-order chi connectivity index (χ1) is 8.74. The molecule has 0 bridgehead atoms. The first-order valence-electron chi connectivity index (χ1n) is 5.71. The number of hydrogen-bond acceptors (Lipinski definition) is 4. The highest BCUT2D eigenvalue weighted by molar-refractivity contribution is 5.61. The van der Waals surface area contributed by atoms with Gasteiger partial charge in [0.15, 0.2) is 0 Å². The molecule has 2 rings (SSSR count). The zero-order valence-corrected chi connectivity index (χ0v) is 10.1. The van der Waals surface area contributed by atoms with Gasteiger partial charge >= 0.3 is 0 Å². The molecule has 0 saturated carbocycles. The molecular formula is C13H15FN4. The van der Waals surface area contributed by atoms with Crippen LogP contribution < -0.4 is 16.2 Å². The van der Waals surface area contributed by atoms with Gasteiger partial charge in [0.25, 0.3) is 0 Å². The third-order valence-corrected chi connectivity index (χ3v) is 2.59. The van der Waals surface area contributed by atoms with E-state index in [9.17, 15) is 4.39 Å². The molecule has 18 heavy (non-hydrogen) atoms. The summed E-state index contributed by atoms with van der Waals surface area (Å²) in [6.07, 6.45) is 0. The van der Waals surface area contributed by atoms with Gasteiger partial charge in [-0.3, -0.25) is 0 Å². The Balaban J connectivity index is 2.38. The summed E-state index contributed by atoms with van der Waals surface area (Å²) in [7, 11) is 0. The summed E-state index contributed by atoms with van der Waals surface area (Å²) in [6.45, 7) is 2.67. The number of hydrogen-bond donors (Lipinski definition) is 2. The van der Waals surface area contributed by atoms with Gasteiger partial charge in [0.1, 0.15) is 17.5 Å². The summed E-state index contributed by atoms with van der Waals surface area (Å²) in [5, 5.41) is 0. The maximum Gasteiger partial charge on any atom is 0.142 e. The number of anilines is 3. The van der Waals surface area contributed by atoms with Gasteiger partial charge in [-0.1, -0.05) is 12.1 Å². The highest BCUT2D eigenvalue weighted by Crippen LogP contribution is 2.24. The number of aromatic nitrogens is 1. The summed E-state index contributed by atoms with van der Waals surface area (Å²) in [5.41, 5.74) is 3.26. The molecule has 0 fully saturated rings. The minimum Gasteiger partial charge on any atom is -0.326 e. The monoisotopic (exact) mass is 246 g/mol. The lowest BCUT2D eigenvalue weighted by Gasteiger charge is -2.22. The molecule has 0 spiro atoms. The van der Waals surface area contributed by atoms with Crippen molar-refractivity contribution in [3.8, 4) is 0 Å². The van der Waals surface area contributed by atoms with Crippen LogP contribution in [0.4, 0.5) is 21.7 Å². The lowest BCUT2D eigenvalue weighted by Crippen LogP contribution is -2.18. The predicted molar refractivity (Wildman–Crippen MR) is 71.1 cm³/mol. The minimum absolute atomic E-state index is 0.265. The largest absolute Gasteiger partial charge is 0.326 e. The first kappa shape index (κ1) is 12.3. The topological polar surface area (TPSA) is 54.2 Å². The van der Waals surface area contributed by atoms with Crippen LogP contribution >= 0.6 is 0 Å². The summed E-state index contributed by atoms with van der Waals surface area (Å²) >= 11 is 0. The van der Waals surface area contributed by atoms with Crippen molar-refractivity contribution >= 4 is 17.3 Å². The van der Waals surface area contributed by atoms with Gasteiger partial charge in [0, 0.05) is 12.2 Å². The molecule has 0 aliphatic heterocycles. The highest BCUT2D eigenvalue weighted by Gasteiger charge is 2.09. The van der Waals surface area contributed by atoms with Gasteiger partial charge < -0.3 is 10.3 Å². The van der Waals surface area contributed by atoms with E-state index in [1.807, 2.05) is 30.0 Å². The number of benzene rings is 1. The Hall–Kier alpha value is -2.14. The van der Waals surface area contributed by atoms with Gasteiger partial charge in [0.05, 0.1) is 0 Å². The SMILES string of the molecule is CCN(c1cccc(F)c1)c1cccc(NN)n1. The maximum absolute atomic E-state index is 13.2. The molecule has 1 aromatic carbocycles. The fourth-order valence-corrected chi connectivity index (χ4v) is 1.77. The van der Waals surface area contributed by atoms with Gasteiger partial charge in [-0.05, 0) is 37.3 Å². The molecule has 0 aliphatic carbocycles. The van der Waals surface area contributed by atoms with E-state index in [0.29, 0.717) is 12.4 Å². The molecule has 0 aliphatic rings. The van der Waals surface area contributed by atoms with Gasteiger partial charge in [-0.15, -0.1) is 0 Å². The first-order valence-corrected chi connectivity index (χ1v) is 5.71. The lowest BCUT2D eigenvalue weighted by atomic mass is 10.2. The van der Waals surface area contributed by atoms with E-state index in [4.69, 9.17) is 5.84 Å². The zero-order chi connectivity index (χ0) is 13.0. The minimum atomic E-state index is -0.265. The van der Waals surface area contributed by atoms with Gasteiger partial charge in [-0.25, -0.2) is 15.2 Å². The van der Waals surface area contributed by atoms with Crippen LogP contribution in [0.5, 0.6) is 0 Å². The van der Waals surface area contributed by atoms with Crippen LogP contribution in [0.1, 0.15) is 6.92 Å². The van der Waals surface area contributed by atoms with Crippen LogP contribution in [0.2, 0.25) is 0 Å². The molecule has 0 amide bonds. The molecule has 4 nitrogen and oxygen atoms in total. The molecule has 1 heterocycles. The molecule has 0 radical (unpaired) electrons. The normalized spacial score (nSPS) is 10.2. The van der Waals surface area contributed by atoms with Crippen LogP contribution in [0, 0.1) is 5.82 Å². The van der Waals surface area contributed by atoms with E-state index < -0.39 is 0 Å². The Bertz CT molecular complexity index is 530. The van der Waals surface area contributed by atoms with Crippen molar-refractivity contribution in [3.63, 3.8) is 0 Å². The zero-order valence-electron chi connectivity index (χ0n) is 10.1. The molecule has 0 unspecified atom stereocenters. The van der Waals surface area contributed by atoms with Gasteiger partial charge in [0.2, 0.25) is 0 Å². The van der Waals surface area contributed by atoms with E-state index in [1.165, 1.54) is 12.1 Å². The Morgan fingerprint density at radius 1 is 1.28 bits per heavy atom. The molecule has 0 saturated heterocycles. The fraction of sp³-hybridized carbons (Fsp3) is 0.154. The predicted octanol–water partition coefficient (Wildman–Crippen LogP) is 2.66. The third kappa shape index (κ3) is 2.57. The molecule has 0 atom stereocenters. The van der Waals surface area contributed by atoms with Crippen LogP contribution in [0.25, 0.3) is 0 Å². The summed E-state index contributed by atoms with van der Waals surface area (Å²) in [5.74, 6) is 6.36. The number of hydrazine groups is 1. The number of rotatable bonds is 4. The van der Waals surface area contributed by atoms with Crippen molar-refractivity contribution in [2.75, 3.05) is 16.9 Å². The number of nitrogen functional groups attached to an aromatic ring is 1. The van der Waals surface area contributed by atoms with E-state index in [2.05, 4.69) is 10.4 Å². The van der Waals surface area contributed by atoms with Crippen molar-refractivity contribution in [1.82, 2.24) is 4.98 Å². The van der Waals surface area contributed by atoms with Gasteiger partial charge in [-0.2, -0.15) is 0 Å². The van der Waals surface area contributed by atoms with Crippen molar-refractivity contribution in [2.24, 2.45) is 5.84 Å². The molecule has 2 aromatic rings. The number of pyridine rings is 1. The van der Waals surface area contributed by atoms with Crippen molar-refractivity contribution in [3.05, 3.63) is 48.3 Å². The lowest BCUT2D eigenvalue weighted by molar-refractivity contribution is 0.627. The highest BCUT2D eigenvalue weighted by atomic mass is 19.1. The van der Waals surface area contributed by atoms with E-state index in [1.54, 1.807) is 12.1 Å². The Morgan fingerprint density at radius 3 is 2.72 bits per heavy atom. The second-order valence-electron chi connectivity index (χ2n) is 3.75. The van der Waals surface area contributed by atoms with Crippen LogP contribution in [-0.2, 0) is 0 Å². The number of nitrogens with two attached hydrogens (primary N) is 1. The standard InChI is InChI=1S/C13H15FN4/c1-2-18(11-6-3-5-10(14)9-11)13-8-4-7-12(16-13)17-15/h3-9H,2,15H2,1H3,(H,16,17). The molecular weight excluding hydrogens is 231 g/mol. The Kier molecular flexibility index (Phi) is 3.74. The Labute approximate surface area is 105 Å². The number of halogens is 1.